The van der Waals surface area contributed by atoms with Crippen LogP contribution in [0.1, 0.15) is 38.3 Å². The van der Waals surface area contributed by atoms with E-state index in [0.717, 1.165) is 31.5 Å². The van der Waals surface area contributed by atoms with E-state index >= 15 is 0 Å². The van der Waals surface area contributed by atoms with Crippen LogP contribution in [0, 0.1) is 5.41 Å². The molecule has 2 saturated heterocycles. The van der Waals surface area contributed by atoms with Crippen molar-refractivity contribution >= 4 is 11.8 Å². The molecule has 2 atom stereocenters. The standard InChI is InChI=1S/C19H26N2O3/c1-19(2)10-7-11-21(13-19)18(23)17-16(14-8-5-4-6-9-14)20(3)15(22)12-24-17/h4-6,8-9,16-17H,7,10-13H2,1-3H3/t16-,17+/m1/s1. The minimum Gasteiger partial charge on any atom is -0.356 e. The second-order valence-corrected chi connectivity index (χ2v) is 7.62. The zero-order valence-corrected chi connectivity index (χ0v) is 14.7. The zero-order valence-electron chi connectivity index (χ0n) is 14.7. The van der Waals surface area contributed by atoms with Gasteiger partial charge in [-0.15, -0.1) is 0 Å². The van der Waals surface area contributed by atoms with Gasteiger partial charge < -0.3 is 14.5 Å². The third-order valence-corrected chi connectivity index (χ3v) is 5.08. The number of morpholine rings is 1. The summed E-state index contributed by atoms with van der Waals surface area (Å²) in [6, 6.07) is 9.30. The SMILES string of the molecule is CN1C(=O)CO[C@H](C(=O)N2CCCC(C)(C)C2)[C@H]1c1ccccc1. The highest BCUT2D eigenvalue weighted by Gasteiger charge is 2.43. The van der Waals surface area contributed by atoms with Gasteiger partial charge in [-0.2, -0.15) is 0 Å². The second-order valence-electron chi connectivity index (χ2n) is 7.62. The van der Waals surface area contributed by atoms with E-state index in [2.05, 4.69) is 13.8 Å². The lowest BCUT2D eigenvalue weighted by molar-refractivity contribution is -0.169. The third-order valence-electron chi connectivity index (χ3n) is 5.08. The number of likely N-dealkylation sites (tertiary alicyclic amines) is 1. The van der Waals surface area contributed by atoms with Crippen LogP contribution in [0.3, 0.4) is 0 Å². The van der Waals surface area contributed by atoms with E-state index in [4.69, 9.17) is 4.74 Å². The summed E-state index contributed by atoms with van der Waals surface area (Å²) in [7, 11) is 1.75. The highest BCUT2D eigenvalue weighted by atomic mass is 16.5. The van der Waals surface area contributed by atoms with Crippen molar-refractivity contribution < 1.29 is 14.3 Å². The molecule has 5 heteroatoms. The Hall–Kier alpha value is -1.88. The number of hydrogen-bond acceptors (Lipinski definition) is 3. The summed E-state index contributed by atoms with van der Waals surface area (Å²) in [6.07, 6.45) is 1.50. The van der Waals surface area contributed by atoms with Crippen LogP contribution in [0.15, 0.2) is 30.3 Å². The fourth-order valence-electron chi connectivity index (χ4n) is 3.76. The maximum atomic E-state index is 13.1. The molecule has 0 bridgehead atoms. The first-order valence-corrected chi connectivity index (χ1v) is 8.60. The monoisotopic (exact) mass is 330 g/mol. The topological polar surface area (TPSA) is 49.9 Å². The molecule has 24 heavy (non-hydrogen) atoms. The Morgan fingerprint density at radius 1 is 1.25 bits per heavy atom. The van der Waals surface area contributed by atoms with Crippen LogP contribution in [0.25, 0.3) is 0 Å². The number of benzene rings is 1. The summed E-state index contributed by atoms with van der Waals surface area (Å²) in [4.78, 5) is 28.8. The van der Waals surface area contributed by atoms with Crippen molar-refractivity contribution in [3.05, 3.63) is 35.9 Å². The number of likely N-dealkylation sites (N-methyl/N-ethyl adjacent to an activating group) is 1. The summed E-state index contributed by atoms with van der Waals surface area (Å²) in [5.41, 5.74) is 1.06. The summed E-state index contributed by atoms with van der Waals surface area (Å²) < 4.78 is 5.73. The Labute approximate surface area is 143 Å². The van der Waals surface area contributed by atoms with Crippen molar-refractivity contribution in [3.8, 4) is 0 Å². The first-order chi connectivity index (χ1) is 11.4. The van der Waals surface area contributed by atoms with Crippen LogP contribution >= 0.6 is 0 Å². The lowest BCUT2D eigenvalue weighted by Crippen LogP contribution is -2.56. The van der Waals surface area contributed by atoms with Crippen molar-refractivity contribution in [1.82, 2.24) is 9.80 Å². The van der Waals surface area contributed by atoms with Gasteiger partial charge >= 0.3 is 0 Å². The lowest BCUT2D eigenvalue weighted by atomic mass is 9.83. The largest absolute Gasteiger partial charge is 0.356 e. The van der Waals surface area contributed by atoms with Gasteiger partial charge in [0.25, 0.3) is 5.91 Å². The molecule has 2 heterocycles. The molecule has 0 aliphatic carbocycles. The van der Waals surface area contributed by atoms with E-state index in [-0.39, 0.29) is 29.9 Å². The van der Waals surface area contributed by atoms with E-state index in [1.165, 1.54) is 0 Å². The third kappa shape index (κ3) is 3.31. The van der Waals surface area contributed by atoms with Crippen molar-refractivity contribution in [3.63, 3.8) is 0 Å². The van der Waals surface area contributed by atoms with Gasteiger partial charge in [0, 0.05) is 20.1 Å². The van der Waals surface area contributed by atoms with E-state index in [9.17, 15) is 9.59 Å². The number of carbonyl (C=O) groups excluding carboxylic acids is 2. The molecule has 2 amide bonds. The van der Waals surface area contributed by atoms with Gasteiger partial charge in [0.15, 0.2) is 6.10 Å². The Morgan fingerprint density at radius 3 is 2.62 bits per heavy atom. The van der Waals surface area contributed by atoms with Crippen molar-refractivity contribution in [2.24, 2.45) is 5.41 Å². The number of hydrogen-bond donors (Lipinski definition) is 0. The quantitative estimate of drug-likeness (QED) is 0.835. The van der Waals surface area contributed by atoms with Gasteiger partial charge in [0.2, 0.25) is 5.91 Å². The Balaban J connectivity index is 1.86. The molecule has 0 radical (unpaired) electrons. The minimum absolute atomic E-state index is 0.00372. The molecule has 1 aromatic rings. The lowest BCUT2D eigenvalue weighted by Gasteiger charge is -2.43. The van der Waals surface area contributed by atoms with E-state index < -0.39 is 6.10 Å². The van der Waals surface area contributed by atoms with Gasteiger partial charge in [0.05, 0.1) is 6.04 Å². The molecule has 130 valence electrons. The van der Waals surface area contributed by atoms with Crippen LogP contribution in [0.4, 0.5) is 0 Å². The number of ether oxygens (including phenoxy) is 1. The molecule has 2 fully saturated rings. The van der Waals surface area contributed by atoms with Crippen molar-refractivity contribution in [2.45, 2.75) is 38.8 Å². The second kappa shape index (κ2) is 6.55. The van der Waals surface area contributed by atoms with Crippen LogP contribution in [-0.4, -0.2) is 54.5 Å². The molecule has 3 rings (SSSR count). The molecular weight excluding hydrogens is 304 g/mol. The summed E-state index contributed by atoms with van der Waals surface area (Å²) in [5.74, 6) is -0.0946. The Kier molecular flexibility index (Phi) is 4.63. The van der Waals surface area contributed by atoms with Gasteiger partial charge in [-0.05, 0) is 23.8 Å². The van der Waals surface area contributed by atoms with Crippen LogP contribution in [0.2, 0.25) is 0 Å². The number of rotatable bonds is 2. The minimum atomic E-state index is -0.635. The Bertz CT molecular complexity index is 614. The molecule has 1 aromatic carbocycles. The predicted molar refractivity (Wildman–Crippen MR) is 91.3 cm³/mol. The van der Waals surface area contributed by atoms with Gasteiger partial charge in [-0.25, -0.2) is 0 Å². The van der Waals surface area contributed by atoms with Crippen LogP contribution < -0.4 is 0 Å². The fourth-order valence-corrected chi connectivity index (χ4v) is 3.76. The first kappa shape index (κ1) is 17.0. The maximum Gasteiger partial charge on any atom is 0.254 e. The summed E-state index contributed by atoms with van der Waals surface area (Å²) in [6.45, 7) is 5.86. The van der Waals surface area contributed by atoms with E-state index in [0.29, 0.717) is 0 Å². The van der Waals surface area contributed by atoms with E-state index in [1.807, 2.05) is 35.2 Å². The molecule has 0 spiro atoms. The molecule has 5 nitrogen and oxygen atoms in total. The fraction of sp³-hybridized carbons (Fsp3) is 0.579. The summed E-state index contributed by atoms with van der Waals surface area (Å²) >= 11 is 0. The molecule has 0 N–H and O–H groups in total. The predicted octanol–water partition coefficient (Wildman–Crippen LogP) is 2.23. The molecule has 0 aromatic heterocycles. The average molecular weight is 330 g/mol. The Morgan fingerprint density at radius 2 is 1.96 bits per heavy atom. The first-order valence-electron chi connectivity index (χ1n) is 8.60. The number of amides is 2. The van der Waals surface area contributed by atoms with Gasteiger partial charge in [-0.3, -0.25) is 9.59 Å². The molecule has 0 unspecified atom stereocenters. The van der Waals surface area contributed by atoms with Gasteiger partial charge in [-0.1, -0.05) is 44.2 Å². The molecular formula is C19H26N2O3. The maximum absolute atomic E-state index is 13.1. The normalized spacial score (nSPS) is 27.2. The molecule has 2 aliphatic heterocycles. The van der Waals surface area contributed by atoms with Crippen molar-refractivity contribution in [1.29, 1.82) is 0 Å². The number of nitrogens with zero attached hydrogens (tertiary/aromatic N) is 2. The highest BCUT2D eigenvalue weighted by Crippen LogP contribution is 2.33. The molecule has 2 aliphatic rings. The van der Waals surface area contributed by atoms with Crippen molar-refractivity contribution in [2.75, 3.05) is 26.7 Å². The van der Waals surface area contributed by atoms with Gasteiger partial charge in [0.1, 0.15) is 6.61 Å². The highest BCUT2D eigenvalue weighted by molar-refractivity contribution is 5.86. The number of carbonyl (C=O) groups is 2. The summed E-state index contributed by atoms with van der Waals surface area (Å²) in [5, 5.41) is 0. The zero-order chi connectivity index (χ0) is 17.3. The average Bonchev–Trinajstić information content (AvgIpc) is 2.56. The van der Waals surface area contributed by atoms with Crippen LogP contribution in [-0.2, 0) is 14.3 Å². The van der Waals surface area contributed by atoms with Crippen LogP contribution in [0.5, 0.6) is 0 Å². The molecule has 0 saturated carbocycles. The smallest absolute Gasteiger partial charge is 0.254 e. The van der Waals surface area contributed by atoms with E-state index in [1.54, 1.807) is 11.9 Å². The number of piperidine rings is 1.